The molecule has 208 valence electrons. The van der Waals surface area contributed by atoms with Gasteiger partial charge in [-0.25, -0.2) is 22.9 Å². The number of aryl methyl sites for hydroxylation is 1. The van der Waals surface area contributed by atoms with Gasteiger partial charge >= 0.3 is 5.69 Å². The second kappa shape index (κ2) is 10.9. The third-order valence-electron chi connectivity index (χ3n) is 6.47. The van der Waals surface area contributed by atoms with E-state index in [9.17, 15) is 22.8 Å². The molecule has 9 nitrogen and oxygen atoms in total. The highest BCUT2D eigenvalue weighted by Crippen LogP contribution is 2.35. The molecule has 0 radical (unpaired) electrons. The number of methoxy groups -OCH3 is 1. The molecule has 13 heteroatoms. The van der Waals surface area contributed by atoms with Crippen LogP contribution in [0.25, 0.3) is 22.0 Å². The summed E-state index contributed by atoms with van der Waals surface area (Å²) in [5.41, 5.74) is 0.177. The quantitative estimate of drug-likeness (QED) is 0.267. The average molecular weight is 581 g/mol. The fourth-order valence-electron chi connectivity index (χ4n) is 4.58. The van der Waals surface area contributed by atoms with E-state index in [0.717, 1.165) is 21.3 Å². The van der Waals surface area contributed by atoms with Gasteiger partial charge in [0.2, 0.25) is 0 Å². The lowest BCUT2D eigenvalue weighted by Crippen LogP contribution is -2.41. The number of nitriles is 1. The van der Waals surface area contributed by atoms with Crippen molar-refractivity contribution in [3.8, 4) is 22.9 Å². The zero-order valence-corrected chi connectivity index (χ0v) is 22.4. The molecule has 3 aromatic carbocycles. The molecule has 0 unspecified atom stereocenters. The van der Waals surface area contributed by atoms with Crippen LogP contribution < -0.4 is 16.0 Å². The largest absolute Gasteiger partial charge is 0.496 e. The third kappa shape index (κ3) is 5.19. The van der Waals surface area contributed by atoms with Crippen molar-refractivity contribution in [2.45, 2.75) is 19.5 Å². The molecule has 2 aromatic heterocycles. The highest BCUT2D eigenvalue weighted by molar-refractivity contribution is 6.33. The standard InChI is InChI=1S/C28H20ClF3N6O3/c1-36-14-34-24(35-36)13-38-27(39)25-22(37(28(38)40)12-16-8-20(30)26(32)21(31)9-16)10-17(11-23(25)41-2)18-4-3-15(5-6-33)7-19(18)29/h3-4,7-11,14H,5,12-13H2,1-2H3. The normalized spacial score (nSPS) is 11.1. The van der Waals surface area contributed by atoms with Gasteiger partial charge in [0.1, 0.15) is 17.5 Å². The summed E-state index contributed by atoms with van der Waals surface area (Å²) >= 11 is 6.53. The van der Waals surface area contributed by atoms with Crippen molar-refractivity contribution in [2.75, 3.05) is 7.11 Å². The first-order valence-corrected chi connectivity index (χ1v) is 12.5. The number of hydrogen-bond acceptors (Lipinski definition) is 6. The maximum Gasteiger partial charge on any atom is 0.332 e. The van der Waals surface area contributed by atoms with E-state index in [1.54, 1.807) is 31.3 Å². The molecule has 5 aromatic rings. The van der Waals surface area contributed by atoms with Gasteiger partial charge in [-0.2, -0.15) is 10.4 Å². The predicted molar refractivity (Wildman–Crippen MR) is 144 cm³/mol. The number of rotatable bonds is 7. The SMILES string of the molecule is COc1cc(-c2ccc(CC#N)cc2Cl)cc2c1c(=O)n(Cc1ncn(C)n1)c(=O)n2Cc1cc(F)c(F)c(F)c1. The van der Waals surface area contributed by atoms with Crippen LogP contribution in [0.5, 0.6) is 5.75 Å². The summed E-state index contributed by atoms with van der Waals surface area (Å²) in [6.07, 6.45) is 1.55. The van der Waals surface area contributed by atoms with Crippen LogP contribution >= 0.6 is 11.6 Å². The molecule has 0 aliphatic rings. The Hall–Kier alpha value is -4.89. The number of fused-ring (bicyclic) bond motifs is 1. The van der Waals surface area contributed by atoms with Gasteiger partial charge in [0.05, 0.1) is 38.2 Å². The monoisotopic (exact) mass is 580 g/mol. The summed E-state index contributed by atoms with van der Waals surface area (Å²) in [6.45, 7) is -0.710. The van der Waals surface area contributed by atoms with Gasteiger partial charge in [-0.3, -0.25) is 18.6 Å². The lowest BCUT2D eigenvalue weighted by atomic mass is 10.0. The summed E-state index contributed by atoms with van der Waals surface area (Å²) < 4.78 is 50.9. The van der Waals surface area contributed by atoms with Gasteiger partial charge in [0.25, 0.3) is 5.56 Å². The van der Waals surface area contributed by atoms with Crippen LogP contribution in [0.1, 0.15) is 17.0 Å². The van der Waals surface area contributed by atoms with E-state index in [4.69, 9.17) is 21.6 Å². The summed E-state index contributed by atoms with van der Waals surface area (Å²) in [5, 5.41) is 13.5. The molecule has 5 rings (SSSR count). The highest BCUT2D eigenvalue weighted by Gasteiger charge is 2.21. The summed E-state index contributed by atoms with van der Waals surface area (Å²) in [7, 11) is 2.97. The molecule has 0 amide bonds. The average Bonchev–Trinajstić information content (AvgIpc) is 3.36. The fourth-order valence-corrected chi connectivity index (χ4v) is 4.89. The number of aromatic nitrogens is 5. The molecule has 0 aliphatic heterocycles. The lowest BCUT2D eigenvalue weighted by Gasteiger charge is -2.17. The Labute approximate surface area is 235 Å². The van der Waals surface area contributed by atoms with Crippen LogP contribution in [-0.4, -0.2) is 31.0 Å². The van der Waals surface area contributed by atoms with Crippen molar-refractivity contribution in [3.05, 3.63) is 109 Å². The minimum absolute atomic E-state index is 0.00654. The molecule has 0 spiro atoms. The van der Waals surface area contributed by atoms with E-state index in [0.29, 0.717) is 21.7 Å². The van der Waals surface area contributed by atoms with Crippen molar-refractivity contribution in [2.24, 2.45) is 7.05 Å². The van der Waals surface area contributed by atoms with E-state index in [1.165, 1.54) is 24.2 Å². The van der Waals surface area contributed by atoms with E-state index in [1.807, 2.05) is 0 Å². The molecule has 0 bridgehead atoms. The molecular formula is C28H20ClF3N6O3. The molecule has 0 saturated carbocycles. The van der Waals surface area contributed by atoms with Crippen LogP contribution in [0.4, 0.5) is 13.2 Å². The molecule has 0 fully saturated rings. The lowest BCUT2D eigenvalue weighted by molar-refractivity contribution is 0.418. The minimum Gasteiger partial charge on any atom is -0.496 e. The van der Waals surface area contributed by atoms with Gasteiger partial charge in [0.15, 0.2) is 23.3 Å². The van der Waals surface area contributed by atoms with Gasteiger partial charge in [-0.1, -0.05) is 23.7 Å². The van der Waals surface area contributed by atoms with Crippen LogP contribution in [0, 0.1) is 28.8 Å². The highest BCUT2D eigenvalue weighted by atomic mass is 35.5. The first kappa shape index (κ1) is 27.7. The Balaban J connectivity index is 1.80. The zero-order valence-electron chi connectivity index (χ0n) is 21.7. The Bertz CT molecular complexity index is 1970. The molecule has 41 heavy (non-hydrogen) atoms. The molecular weight excluding hydrogens is 561 g/mol. The minimum atomic E-state index is -1.64. The van der Waals surface area contributed by atoms with Crippen LogP contribution in [-0.2, 0) is 26.6 Å². The molecule has 0 N–H and O–H groups in total. The van der Waals surface area contributed by atoms with E-state index < -0.39 is 35.2 Å². The second-order valence-corrected chi connectivity index (χ2v) is 9.60. The maximum absolute atomic E-state index is 14.1. The first-order chi connectivity index (χ1) is 19.6. The van der Waals surface area contributed by atoms with Gasteiger partial charge in [-0.15, -0.1) is 0 Å². The number of nitrogens with zero attached hydrogens (tertiary/aromatic N) is 6. The second-order valence-electron chi connectivity index (χ2n) is 9.19. The summed E-state index contributed by atoms with van der Waals surface area (Å²) in [5.74, 6) is -4.21. The summed E-state index contributed by atoms with van der Waals surface area (Å²) in [4.78, 5) is 31.6. The maximum atomic E-state index is 14.1. The molecule has 2 heterocycles. The fraction of sp³-hybridized carbons (Fsp3) is 0.179. The number of ether oxygens (including phenoxy) is 1. The van der Waals surface area contributed by atoms with Gasteiger partial charge in [0, 0.05) is 17.6 Å². The Kier molecular flexibility index (Phi) is 7.38. The van der Waals surface area contributed by atoms with Crippen LogP contribution in [0.15, 0.2) is 58.4 Å². The molecule has 0 atom stereocenters. The van der Waals surface area contributed by atoms with Gasteiger partial charge in [-0.05, 0) is 47.0 Å². The number of halogens is 4. The van der Waals surface area contributed by atoms with E-state index >= 15 is 0 Å². The van der Waals surface area contributed by atoms with Crippen molar-refractivity contribution in [1.82, 2.24) is 23.9 Å². The Morgan fingerprint density at radius 1 is 1.00 bits per heavy atom. The van der Waals surface area contributed by atoms with Crippen LogP contribution in [0.2, 0.25) is 5.02 Å². The summed E-state index contributed by atoms with van der Waals surface area (Å²) in [6, 6.07) is 11.7. The van der Waals surface area contributed by atoms with E-state index in [-0.39, 0.29) is 41.0 Å². The Morgan fingerprint density at radius 3 is 2.34 bits per heavy atom. The topological polar surface area (TPSA) is 108 Å². The van der Waals surface area contributed by atoms with Crippen molar-refractivity contribution in [3.63, 3.8) is 0 Å². The van der Waals surface area contributed by atoms with Crippen molar-refractivity contribution in [1.29, 1.82) is 5.26 Å². The number of hydrogen-bond donors (Lipinski definition) is 0. The zero-order chi connectivity index (χ0) is 29.4. The predicted octanol–water partition coefficient (Wildman–Crippen LogP) is 4.20. The van der Waals surface area contributed by atoms with Crippen LogP contribution in [0.3, 0.4) is 0 Å². The smallest absolute Gasteiger partial charge is 0.332 e. The van der Waals surface area contributed by atoms with Gasteiger partial charge < -0.3 is 4.74 Å². The van der Waals surface area contributed by atoms with Crippen molar-refractivity contribution < 1.29 is 17.9 Å². The Morgan fingerprint density at radius 2 is 1.73 bits per heavy atom. The molecule has 0 aliphatic carbocycles. The van der Waals surface area contributed by atoms with E-state index in [2.05, 4.69) is 16.2 Å². The number of benzene rings is 3. The molecule has 0 saturated heterocycles. The third-order valence-corrected chi connectivity index (χ3v) is 6.78. The van der Waals surface area contributed by atoms with Crippen molar-refractivity contribution >= 4 is 22.5 Å². The first-order valence-electron chi connectivity index (χ1n) is 12.1.